The molecule has 0 aromatic carbocycles. The Hall–Kier alpha value is -1.22. The summed E-state index contributed by atoms with van der Waals surface area (Å²) >= 11 is 0. The summed E-state index contributed by atoms with van der Waals surface area (Å²) in [6, 6.07) is 0. The number of nitrogens with two attached hydrogens (primary N) is 4. The van der Waals surface area contributed by atoms with Crippen molar-refractivity contribution < 1.29 is 19.1 Å². The fourth-order valence-electron chi connectivity index (χ4n) is 2.09. The summed E-state index contributed by atoms with van der Waals surface area (Å²) in [6.07, 6.45) is 5.02. The Morgan fingerprint density at radius 2 is 1.04 bits per heavy atom. The summed E-state index contributed by atoms with van der Waals surface area (Å²) in [7, 11) is 0. The summed E-state index contributed by atoms with van der Waals surface area (Å²) in [4.78, 5) is 23.2. The van der Waals surface area contributed by atoms with Gasteiger partial charge in [-0.05, 0) is 64.5 Å². The number of ether oxygens (including phenoxy) is 2. The number of rotatable bonds is 15. The minimum Gasteiger partial charge on any atom is -0.447 e. The number of esters is 2. The molecule has 0 saturated heterocycles. The molecule has 0 aliphatic rings. The Labute approximate surface area is 144 Å². The third-order valence-corrected chi connectivity index (χ3v) is 3.46. The largest absolute Gasteiger partial charge is 0.447 e. The first-order valence-electron chi connectivity index (χ1n) is 8.79. The molecule has 0 amide bonds. The van der Waals surface area contributed by atoms with Gasteiger partial charge >= 0.3 is 11.9 Å². The van der Waals surface area contributed by atoms with Gasteiger partial charge in [0.15, 0.2) is 12.5 Å². The second-order valence-electron chi connectivity index (χ2n) is 5.83. The van der Waals surface area contributed by atoms with E-state index >= 15 is 0 Å². The van der Waals surface area contributed by atoms with Gasteiger partial charge in [-0.2, -0.15) is 0 Å². The SMILES string of the molecule is NCCCCC(N)OC(=O)CCCCC(=O)OC(N)CCCCN. The lowest BCUT2D eigenvalue weighted by atomic mass is 10.2. The fourth-order valence-corrected chi connectivity index (χ4v) is 2.09. The number of carbonyl (C=O) groups excluding carboxylic acids is 2. The van der Waals surface area contributed by atoms with Crippen LogP contribution in [0.1, 0.15) is 64.2 Å². The van der Waals surface area contributed by atoms with Crippen molar-refractivity contribution in [3.8, 4) is 0 Å². The molecule has 24 heavy (non-hydrogen) atoms. The van der Waals surface area contributed by atoms with Crippen LogP contribution in [0.25, 0.3) is 0 Å². The van der Waals surface area contributed by atoms with E-state index in [-0.39, 0.29) is 24.8 Å². The van der Waals surface area contributed by atoms with Crippen LogP contribution in [0.3, 0.4) is 0 Å². The molecule has 0 radical (unpaired) electrons. The molecule has 0 heterocycles. The first-order valence-corrected chi connectivity index (χ1v) is 8.79. The average molecular weight is 346 g/mol. The van der Waals surface area contributed by atoms with Crippen LogP contribution in [0, 0.1) is 0 Å². The molecule has 2 atom stereocenters. The highest BCUT2D eigenvalue weighted by atomic mass is 16.6. The van der Waals surface area contributed by atoms with Gasteiger partial charge < -0.3 is 20.9 Å². The Kier molecular flexibility index (Phi) is 14.5. The second-order valence-corrected chi connectivity index (χ2v) is 5.83. The van der Waals surface area contributed by atoms with Crippen molar-refractivity contribution in [1.82, 2.24) is 0 Å². The smallest absolute Gasteiger partial charge is 0.307 e. The van der Waals surface area contributed by atoms with Gasteiger partial charge in [0.25, 0.3) is 0 Å². The number of hydrogen-bond donors (Lipinski definition) is 4. The first-order chi connectivity index (χ1) is 11.5. The van der Waals surface area contributed by atoms with Gasteiger partial charge in [0.1, 0.15) is 0 Å². The maximum atomic E-state index is 11.6. The summed E-state index contributed by atoms with van der Waals surface area (Å²) < 4.78 is 10.2. The number of unbranched alkanes of at least 4 members (excludes halogenated alkanes) is 3. The van der Waals surface area contributed by atoms with Gasteiger partial charge in [-0.1, -0.05) is 0 Å². The molecule has 0 aromatic rings. The van der Waals surface area contributed by atoms with Gasteiger partial charge in [0.2, 0.25) is 0 Å². The molecular formula is C16H34N4O4. The van der Waals surface area contributed by atoms with Crippen LogP contribution in [0.5, 0.6) is 0 Å². The molecular weight excluding hydrogens is 312 g/mol. The fraction of sp³-hybridized carbons (Fsp3) is 0.875. The van der Waals surface area contributed by atoms with Crippen LogP contribution in [0.4, 0.5) is 0 Å². The lowest BCUT2D eigenvalue weighted by molar-refractivity contribution is -0.151. The van der Waals surface area contributed by atoms with Crippen LogP contribution in [0.15, 0.2) is 0 Å². The van der Waals surface area contributed by atoms with Gasteiger partial charge in [0, 0.05) is 12.8 Å². The van der Waals surface area contributed by atoms with Gasteiger partial charge in [0.05, 0.1) is 0 Å². The van der Waals surface area contributed by atoms with Gasteiger partial charge in [-0.3, -0.25) is 21.1 Å². The van der Waals surface area contributed by atoms with Crippen LogP contribution in [-0.4, -0.2) is 37.5 Å². The van der Waals surface area contributed by atoms with Gasteiger partial charge in [-0.15, -0.1) is 0 Å². The second kappa shape index (κ2) is 15.3. The van der Waals surface area contributed by atoms with Gasteiger partial charge in [-0.25, -0.2) is 0 Å². The topological polar surface area (TPSA) is 157 Å². The number of hydrogen-bond acceptors (Lipinski definition) is 8. The minimum atomic E-state index is -0.583. The molecule has 0 bridgehead atoms. The van der Waals surface area contributed by atoms with Crippen molar-refractivity contribution in [3.05, 3.63) is 0 Å². The number of carbonyl (C=O) groups is 2. The van der Waals surface area contributed by atoms with E-state index in [1.807, 2.05) is 0 Å². The van der Waals surface area contributed by atoms with Crippen molar-refractivity contribution in [2.24, 2.45) is 22.9 Å². The Morgan fingerprint density at radius 3 is 1.38 bits per heavy atom. The lowest BCUT2D eigenvalue weighted by Crippen LogP contribution is -2.27. The van der Waals surface area contributed by atoms with Crippen molar-refractivity contribution >= 4 is 11.9 Å². The molecule has 8 N–H and O–H groups in total. The van der Waals surface area contributed by atoms with E-state index in [1.54, 1.807) is 0 Å². The van der Waals surface area contributed by atoms with E-state index in [2.05, 4.69) is 0 Å². The van der Waals surface area contributed by atoms with Crippen LogP contribution >= 0.6 is 0 Å². The predicted molar refractivity (Wildman–Crippen MR) is 92.4 cm³/mol. The zero-order valence-corrected chi connectivity index (χ0v) is 14.6. The normalized spacial score (nSPS) is 13.3. The Morgan fingerprint density at radius 1 is 0.667 bits per heavy atom. The van der Waals surface area contributed by atoms with E-state index in [1.165, 1.54) is 0 Å². The predicted octanol–water partition coefficient (Wildman–Crippen LogP) is 0.461. The van der Waals surface area contributed by atoms with E-state index in [9.17, 15) is 9.59 Å². The summed E-state index contributed by atoms with van der Waals surface area (Å²) in [5, 5.41) is 0. The van der Waals surface area contributed by atoms with Crippen molar-refractivity contribution in [2.45, 2.75) is 76.7 Å². The summed E-state index contributed by atoms with van der Waals surface area (Å²) in [6.45, 7) is 1.21. The van der Waals surface area contributed by atoms with Crippen LogP contribution in [0.2, 0.25) is 0 Å². The highest BCUT2D eigenvalue weighted by Crippen LogP contribution is 2.07. The molecule has 0 aromatic heterocycles. The first kappa shape index (κ1) is 22.8. The summed E-state index contributed by atoms with van der Waals surface area (Å²) in [5.41, 5.74) is 22.2. The molecule has 0 spiro atoms. The highest BCUT2D eigenvalue weighted by Gasteiger charge is 2.12. The Balaban J connectivity index is 3.62. The highest BCUT2D eigenvalue weighted by molar-refractivity contribution is 5.70. The average Bonchev–Trinajstić information content (AvgIpc) is 2.52. The molecule has 8 nitrogen and oxygen atoms in total. The maximum absolute atomic E-state index is 11.6. The van der Waals surface area contributed by atoms with E-state index in [4.69, 9.17) is 32.4 Å². The third-order valence-electron chi connectivity index (χ3n) is 3.46. The molecule has 0 saturated carbocycles. The maximum Gasteiger partial charge on any atom is 0.307 e. The van der Waals surface area contributed by atoms with E-state index < -0.39 is 12.5 Å². The monoisotopic (exact) mass is 346 g/mol. The van der Waals surface area contributed by atoms with E-state index in [0.717, 1.165) is 25.7 Å². The lowest BCUT2D eigenvalue weighted by Gasteiger charge is -2.13. The quantitative estimate of drug-likeness (QED) is 0.189. The Bertz CT molecular complexity index is 310. The molecule has 0 aliphatic carbocycles. The van der Waals surface area contributed by atoms with Crippen molar-refractivity contribution in [1.29, 1.82) is 0 Å². The van der Waals surface area contributed by atoms with Crippen LogP contribution in [-0.2, 0) is 19.1 Å². The molecule has 0 fully saturated rings. The zero-order chi connectivity index (χ0) is 18.2. The molecule has 0 aliphatic heterocycles. The standard InChI is InChI=1S/C16H34N4O4/c17-11-5-3-7-13(19)23-15(21)9-1-2-10-16(22)24-14(20)8-4-6-12-18/h13-14H,1-12,17-20H2. The minimum absolute atomic E-state index is 0.237. The van der Waals surface area contributed by atoms with Crippen molar-refractivity contribution in [3.63, 3.8) is 0 Å². The molecule has 0 rings (SSSR count). The molecule has 8 heteroatoms. The van der Waals surface area contributed by atoms with Crippen molar-refractivity contribution in [2.75, 3.05) is 13.1 Å². The third kappa shape index (κ3) is 14.4. The van der Waals surface area contributed by atoms with E-state index in [0.29, 0.717) is 38.8 Å². The molecule has 142 valence electrons. The zero-order valence-electron chi connectivity index (χ0n) is 14.6. The van der Waals surface area contributed by atoms with Crippen LogP contribution < -0.4 is 22.9 Å². The molecule has 2 unspecified atom stereocenters. The summed E-state index contributed by atoms with van der Waals surface area (Å²) in [5.74, 6) is -0.691.